The average Bonchev–Trinajstić information content (AvgIpc) is 2.77. The third-order valence-electron chi connectivity index (χ3n) is 5.88. The first-order chi connectivity index (χ1) is 14.2. The van der Waals surface area contributed by atoms with Gasteiger partial charge in [0, 0.05) is 6.07 Å². The van der Waals surface area contributed by atoms with E-state index in [1.165, 1.54) is 21.5 Å². The van der Waals surface area contributed by atoms with Gasteiger partial charge in [0.1, 0.15) is 0 Å². The zero-order valence-electron chi connectivity index (χ0n) is 15.4. The molecule has 3 heteroatoms. The second-order valence-corrected chi connectivity index (χ2v) is 7.41. The number of hydrogen-bond donors (Lipinski definition) is 0. The summed E-state index contributed by atoms with van der Waals surface area (Å²) in [5.41, 5.74) is 0.151. The quantitative estimate of drug-likeness (QED) is 0.172. The Morgan fingerprint density at radius 3 is 1.76 bits per heavy atom. The summed E-state index contributed by atoms with van der Waals surface area (Å²) in [5.74, 6) is 0. The molecule has 0 aliphatic rings. The smallest absolute Gasteiger partial charge is 0.258 e. The van der Waals surface area contributed by atoms with E-state index >= 15 is 0 Å². The number of benzene rings is 6. The van der Waals surface area contributed by atoms with E-state index < -0.39 is 0 Å². The summed E-state index contributed by atoms with van der Waals surface area (Å²) < 4.78 is 0. The summed E-state index contributed by atoms with van der Waals surface area (Å²) in [4.78, 5) is 11.4. The lowest BCUT2D eigenvalue weighted by molar-refractivity contribution is -0.382. The van der Waals surface area contributed by atoms with Crippen molar-refractivity contribution in [1.82, 2.24) is 0 Å². The van der Waals surface area contributed by atoms with Crippen LogP contribution in [0, 0.1) is 10.1 Å². The highest BCUT2D eigenvalue weighted by atomic mass is 16.6. The molecule has 0 atom stereocenters. The van der Waals surface area contributed by atoms with E-state index in [2.05, 4.69) is 54.6 Å². The molecule has 0 bridgehead atoms. The van der Waals surface area contributed by atoms with E-state index in [1.807, 2.05) is 30.3 Å². The maximum Gasteiger partial charge on any atom is 0.277 e. The molecule has 0 aromatic heterocycles. The molecule has 0 saturated heterocycles. The van der Waals surface area contributed by atoms with Gasteiger partial charge in [-0.3, -0.25) is 10.1 Å². The van der Waals surface area contributed by atoms with Gasteiger partial charge in [0.15, 0.2) is 0 Å². The molecule has 0 aliphatic heterocycles. The van der Waals surface area contributed by atoms with Crippen molar-refractivity contribution in [3.63, 3.8) is 0 Å². The van der Waals surface area contributed by atoms with Crippen LogP contribution in [0.5, 0.6) is 0 Å². The second kappa shape index (κ2) is 5.76. The Morgan fingerprint density at radius 1 is 0.517 bits per heavy atom. The molecule has 0 fully saturated rings. The monoisotopic (exact) mass is 373 g/mol. The highest BCUT2D eigenvalue weighted by molar-refractivity contribution is 6.32. The van der Waals surface area contributed by atoms with Gasteiger partial charge in [0.05, 0.1) is 10.3 Å². The third-order valence-corrected chi connectivity index (χ3v) is 5.88. The molecule has 0 saturated carbocycles. The van der Waals surface area contributed by atoms with Gasteiger partial charge in [-0.2, -0.15) is 0 Å². The fourth-order valence-electron chi connectivity index (χ4n) is 4.64. The molecule has 0 heterocycles. The summed E-state index contributed by atoms with van der Waals surface area (Å²) in [5, 5.41) is 22.3. The zero-order chi connectivity index (χ0) is 19.5. The summed E-state index contributed by atoms with van der Waals surface area (Å²) in [6.07, 6.45) is 0. The lowest BCUT2D eigenvalue weighted by atomic mass is 9.90. The lowest BCUT2D eigenvalue weighted by Gasteiger charge is -2.13. The predicted molar refractivity (Wildman–Crippen MR) is 121 cm³/mol. The highest BCUT2D eigenvalue weighted by Gasteiger charge is 2.17. The van der Waals surface area contributed by atoms with Gasteiger partial charge in [0.25, 0.3) is 5.69 Å². The molecule has 0 radical (unpaired) electrons. The fourth-order valence-corrected chi connectivity index (χ4v) is 4.64. The van der Waals surface area contributed by atoms with Crippen molar-refractivity contribution in [3.8, 4) is 0 Å². The number of nitrogens with zero attached hydrogens (tertiary/aromatic N) is 1. The van der Waals surface area contributed by atoms with Crippen molar-refractivity contribution < 1.29 is 4.92 Å². The average molecular weight is 373 g/mol. The number of fused-ring (bicyclic) bond motifs is 9. The fraction of sp³-hybridized carbons (Fsp3) is 0. The molecular formula is C26H15NO2. The van der Waals surface area contributed by atoms with Gasteiger partial charge < -0.3 is 0 Å². The van der Waals surface area contributed by atoms with Crippen LogP contribution in [0.3, 0.4) is 0 Å². The van der Waals surface area contributed by atoms with E-state index in [-0.39, 0.29) is 10.6 Å². The van der Waals surface area contributed by atoms with E-state index in [0.29, 0.717) is 5.39 Å². The lowest BCUT2D eigenvalue weighted by Crippen LogP contribution is -1.92. The van der Waals surface area contributed by atoms with Crippen molar-refractivity contribution >= 4 is 59.5 Å². The molecule has 6 rings (SSSR count). The number of nitro groups is 1. The van der Waals surface area contributed by atoms with Crippen LogP contribution < -0.4 is 0 Å². The van der Waals surface area contributed by atoms with Crippen LogP contribution in [-0.2, 0) is 0 Å². The van der Waals surface area contributed by atoms with Crippen molar-refractivity contribution in [2.24, 2.45) is 0 Å². The maximum atomic E-state index is 11.7. The van der Waals surface area contributed by atoms with Crippen LogP contribution in [0.1, 0.15) is 0 Å². The van der Waals surface area contributed by atoms with Crippen molar-refractivity contribution in [2.75, 3.05) is 0 Å². The number of rotatable bonds is 1. The topological polar surface area (TPSA) is 43.1 Å². The minimum Gasteiger partial charge on any atom is -0.258 e. The zero-order valence-corrected chi connectivity index (χ0v) is 15.4. The number of non-ortho nitro benzene ring substituents is 1. The molecule has 0 spiro atoms. The molecule has 0 N–H and O–H groups in total. The normalized spacial score (nSPS) is 11.7. The summed E-state index contributed by atoms with van der Waals surface area (Å²) in [7, 11) is 0. The van der Waals surface area contributed by atoms with Gasteiger partial charge >= 0.3 is 0 Å². The number of hydrogen-bond acceptors (Lipinski definition) is 2. The molecule has 0 unspecified atom stereocenters. The van der Waals surface area contributed by atoms with Crippen LogP contribution in [0.2, 0.25) is 0 Å². The largest absolute Gasteiger partial charge is 0.277 e. The van der Waals surface area contributed by atoms with E-state index in [4.69, 9.17) is 0 Å². The predicted octanol–water partition coefficient (Wildman–Crippen LogP) is 7.36. The van der Waals surface area contributed by atoms with Crippen molar-refractivity contribution in [3.05, 3.63) is 101 Å². The SMILES string of the molecule is O=[N+]([O-])c1cc2ccc3ccc4ccc5ccccc5c4c3c2c2ccccc12. The van der Waals surface area contributed by atoms with Crippen molar-refractivity contribution in [2.45, 2.75) is 0 Å². The van der Waals surface area contributed by atoms with Crippen LogP contribution in [0.25, 0.3) is 53.9 Å². The summed E-state index contributed by atoms with van der Waals surface area (Å²) in [6.45, 7) is 0. The number of nitro benzene ring substituents is 1. The third kappa shape index (κ3) is 2.18. The summed E-state index contributed by atoms with van der Waals surface area (Å²) in [6, 6.07) is 30.4. The standard InChI is InChI=1S/C26H15NO2/c28-27(29)23-15-19-14-13-18-12-11-17-10-9-16-5-1-2-6-20(16)24(17)26(18)25(19)22-8-4-3-7-21(22)23/h1-15H. The second-order valence-electron chi connectivity index (χ2n) is 7.41. The Labute approximate surface area is 165 Å². The minimum atomic E-state index is -0.287. The Morgan fingerprint density at radius 2 is 1.03 bits per heavy atom. The van der Waals surface area contributed by atoms with E-state index in [1.54, 1.807) is 6.07 Å². The summed E-state index contributed by atoms with van der Waals surface area (Å²) >= 11 is 0. The molecular weight excluding hydrogens is 358 g/mol. The van der Waals surface area contributed by atoms with Crippen molar-refractivity contribution in [1.29, 1.82) is 0 Å². The van der Waals surface area contributed by atoms with Gasteiger partial charge in [-0.05, 0) is 54.5 Å². The van der Waals surface area contributed by atoms with Crippen LogP contribution >= 0.6 is 0 Å². The van der Waals surface area contributed by atoms with Crippen LogP contribution in [-0.4, -0.2) is 4.92 Å². The highest BCUT2D eigenvalue weighted by Crippen LogP contribution is 2.41. The van der Waals surface area contributed by atoms with Gasteiger partial charge in [-0.1, -0.05) is 78.9 Å². The Balaban J connectivity index is 1.99. The first-order valence-corrected chi connectivity index (χ1v) is 9.55. The molecule has 29 heavy (non-hydrogen) atoms. The first kappa shape index (κ1) is 16.0. The molecule has 136 valence electrons. The van der Waals surface area contributed by atoms with Gasteiger partial charge in [0.2, 0.25) is 0 Å². The van der Waals surface area contributed by atoms with Gasteiger partial charge in [-0.25, -0.2) is 0 Å². The molecule has 3 nitrogen and oxygen atoms in total. The maximum absolute atomic E-state index is 11.7. The van der Waals surface area contributed by atoms with Gasteiger partial charge in [-0.15, -0.1) is 0 Å². The minimum absolute atomic E-state index is 0.151. The Kier molecular flexibility index (Phi) is 3.18. The molecule has 6 aromatic rings. The Hall–Kier alpha value is -3.98. The van der Waals surface area contributed by atoms with E-state index in [9.17, 15) is 10.1 Å². The molecule has 6 aromatic carbocycles. The van der Waals surface area contributed by atoms with Crippen LogP contribution in [0.15, 0.2) is 91.0 Å². The molecule has 0 amide bonds. The Bertz CT molecular complexity index is 1630. The van der Waals surface area contributed by atoms with E-state index in [0.717, 1.165) is 26.9 Å². The first-order valence-electron chi connectivity index (χ1n) is 9.55. The van der Waals surface area contributed by atoms with Crippen LogP contribution in [0.4, 0.5) is 5.69 Å². The molecule has 0 aliphatic carbocycles.